The van der Waals surface area contributed by atoms with Crippen molar-refractivity contribution < 1.29 is 4.39 Å². The molecule has 0 amide bonds. The van der Waals surface area contributed by atoms with Crippen LogP contribution in [0.25, 0.3) is 10.4 Å². The first-order valence-electron chi connectivity index (χ1n) is 10.2. The van der Waals surface area contributed by atoms with Crippen LogP contribution in [-0.2, 0) is 0 Å². The second kappa shape index (κ2) is 8.19. The molecule has 0 spiro atoms. The number of hydrogen-bond donors (Lipinski definition) is 0. The van der Waals surface area contributed by atoms with Crippen molar-refractivity contribution in [2.45, 2.75) is 63.1 Å². The number of benzene rings is 1. The maximum absolute atomic E-state index is 14.7. The van der Waals surface area contributed by atoms with Crippen LogP contribution >= 0.6 is 11.3 Å². The average Bonchev–Trinajstić information content (AvgIpc) is 3.01. The van der Waals surface area contributed by atoms with Crippen LogP contribution < -0.4 is 10.2 Å². The third-order valence-electron chi connectivity index (χ3n) is 6.78. The monoisotopic (exact) mass is 372 g/mol. The highest BCUT2D eigenvalue weighted by Crippen LogP contribution is 2.44. The van der Waals surface area contributed by atoms with Crippen molar-refractivity contribution in [3.63, 3.8) is 0 Å². The Kier molecular flexibility index (Phi) is 5.87. The van der Waals surface area contributed by atoms with Gasteiger partial charge in [0, 0.05) is 10.4 Å². The maximum Gasteiger partial charge on any atom is 0.132 e. The van der Waals surface area contributed by atoms with Crippen molar-refractivity contribution in [2.24, 2.45) is 11.8 Å². The molecular weight excluding hydrogens is 348 g/mol. The van der Waals surface area contributed by atoms with Gasteiger partial charge in [0.25, 0.3) is 0 Å². The first-order chi connectivity index (χ1) is 13.0. The molecule has 2 fully saturated rings. The molecule has 0 saturated heterocycles. The van der Waals surface area contributed by atoms with E-state index in [0.717, 1.165) is 22.3 Å². The zero-order chi connectivity index (χ0) is 19.0. The molecule has 2 aliphatic carbocycles. The van der Waals surface area contributed by atoms with Gasteiger partial charge in [-0.05, 0) is 55.1 Å². The van der Waals surface area contributed by atoms with E-state index in [4.69, 9.17) is 23.5 Å². The van der Waals surface area contributed by atoms with E-state index in [1.807, 2.05) is 6.07 Å². The number of thiophene rings is 1. The van der Waals surface area contributed by atoms with Gasteiger partial charge in [-0.1, -0.05) is 59.9 Å². The molecule has 134 valence electrons. The Morgan fingerprint density at radius 2 is 1.48 bits per heavy atom. The number of hydrogen-bond acceptors (Lipinski definition) is 1. The molecule has 1 aromatic carbocycles. The normalized spacial score (nSPS) is 28.9. The van der Waals surface area contributed by atoms with Crippen LogP contribution in [0.2, 0.25) is 5.82 Å². The van der Waals surface area contributed by atoms with Gasteiger partial charge in [0.05, 0.1) is 7.85 Å². The highest BCUT2D eigenvalue weighted by molar-refractivity contribution is 7.24. The molecule has 0 nitrogen and oxygen atoms in total. The molecule has 4 rings (SSSR count). The lowest BCUT2D eigenvalue weighted by atomic mass is 9.65. The standard InChI is InChI=1S/C22H24B3FS/c23-17-8-5-14(6-9-17)13-1-3-15(4-2-13)16-7-10-18(20(26)11-16)21-12-19(24)22(25)27-21/h7,10-15,17H,1-6,8-9H2. The summed E-state index contributed by atoms with van der Waals surface area (Å²) in [6.07, 6.45) is 9.86. The zero-order valence-electron chi connectivity index (χ0n) is 15.8. The topological polar surface area (TPSA) is 0 Å². The second-order valence-corrected chi connectivity index (χ2v) is 9.54. The van der Waals surface area contributed by atoms with E-state index in [0.29, 0.717) is 27.5 Å². The highest BCUT2D eigenvalue weighted by Gasteiger charge is 2.30. The summed E-state index contributed by atoms with van der Waals surface area (Å²) in [5.41, 5.74) is 2.26. The van der Waals surface area contributed by atoms with E-state index in [1.54, 1.807) is 12.1 Å². The lowest BCUT2D eigenvalue weighted by Crippen LogP contribution is -2.24. The first-order valence-corrected chi connectivity index (χ1v) is 11.0. The van der Waals surface area contributed by atoms with E-state index < -0.39 is 0 Å². The predicted octanol–water partition coefficient (Wildman–Crippen LogP) is 4.56. The van der Waals surface area contributed by atoms with E-state index in [-0.39, 0.29) is 5.82 Å². The van der Waals surface area contributed by atoms with Gasteiger partial charge >= 0.3 is 0 Å². The maximum atomic E-state index is 14.7. The molecule has 27 heavy (non-hydrogen) atoms. The summed E-state index contributed by atoms with van der Waals surface area (Å²) in [6, 6.07) is 7.48. The average molecular weight is 372 g/mol. The molecule has 0 unspecified atom stereocenters. The van der Waals surface area contributed by atoms with Crippen molar-refractivity contribution in [3.05, 3.63) is 35.6 Å². The molecule has 2 saturated carbocycles. The van der Waals surface area contributed by atoms with Crippen molar-refractivity contribution in [2.75, 3.05) is 0 Å². The van der Waals surface area contributed by atoms with Crippen LogP contribution in [-0.4, -0.2) is 23.5 Å². The fourth-order valence-electron chi connectivity index (χ4n) is 5.08. The molecule has 2 aliphatic rings. The van der Waals surface area contributed by atoms with E-state index in [2.05, 4.69) is 6.07 Å². The van der Waals surface area contributed by atoms with Crippen LogP contribution in [0.1, 0.15) is 62.8 Å². The fraction of sp³-hybridized carbons (Fsp3) is 0.545. The molecule has 1 heterocycles. The van der Waals surface area contributed by atoms with Crippen LogP contribution in [0.3, 0.4) is 0 Å². The van der Waals surface area contributed by atoms with Crippen LogP contribution in [0.15, 0.2) is 24.3 Å². The van der Waals surface area contributed by atoms with Gasteiger partial charge in [-0.2, -0.15) is 11.3 Å². The van der Waals surface area contributed by atoms with Crippen LogP contribution in [0, 0.1) is 17.7 Å². The Morgan fingerprint density at radius 3 is 2.04 bits per heavy atom. The molecule has 0 atom stereocenters. The van der Waals surface area contributed by atoms with Gasteiger partial charge in [0.15, 0.2) is 0 Å². The Morgan fingerprint density at radius 1 is 0.852 bits per heavy atom. The summed E-state index contributed by atoms with van der Waals surface area (Å²) in [6.45, 7) is 0. The summed E-state index contributed by atoms with van der Waals surface area (Å²) in [7, 11) is 17.7. The highest BCUT2D eigenvalue weighted by atomic mass is 32.1. The SMILES string of the molecule is [B]c1cc(-c2ccc(C3CCC(C4CCC([B])CC4)CC3)cc2F)sc1[B]. The number of rotatable bonds is 3. The summed E-state index contributed by atoms with van der Waals surface area (Å²) in [4.78, 5) is 0.799. The van der Waals surface area contributed by atoms with E-state index in [1.165, 1.54) is 62.7 Å². The van der Waals surface area contributed by atoms with Gasteiger partial charge in [0.1, 0.15) is 21.5 Å². The Labute approximate surface area is 170 Å². The van der Waals surface area contributed by atoms with Gasteiger partial charge in [-0.15, -0.1) is 0 Å². The van der Waals surface area contributed by atoms with Gasteiger partial charge < -0.3 is 0 Å². The van der Waals surface area contributed by atoms with E-state index in [9.17, 15) is 4.39 Å². The first kappa shape index (κ1) is 19.4. The Balaban J connectivity index is 1.40. The van der Waals surface area contributed by atoms with Gasteiger partial charge in [-0.3, -0.25) is 0 Å². The third kappa shape index (κ3) is 4.23. The fourth-order valence-corrected chi connectivity index (χ4v) is 5.95. The minimum absolute atomic E-state index is 0.169. The summed E-state index contributed by atoms with van der Waals surface area (Å²) in [5.74, 6) is 2.44. The zero-order valence-corrected chi connectivity index (χ0v) is 16.6. The predicted molar refractivity (Wildman–Crippen MR) is 117 cm³/mol. The third-order valence-corrected chi connectivity index (χ3v) is 7.79. The summed E-state index contributed by atoms with van der Waals surface area (Å²) in [5, 5.41) is 0. The minimum Gasteiger partial charge on any atom is -0.206 e. The Hall–Kier alpha value is -0.955. The van der Waals surface area contributed by atoms with Gasteiger partial charge in [-0.25, -0.2) is 4.39 Å². The van der Waals surface area contributed by atoms with Crippen molar-refractivity contribution in [1.29, 1.82) is 0 Å². The lowest BCUT2D eigenvalue weighted by Gasteiger charge is -2.37. The summed E-state index contributed by atoms with van der Waals surface area (Å²) >= 11 is 1.34. The number of halogens is 1. The second-order valence-electron chi connectivity index (χ2n) is 8.46. The molecule has 5 heteroatoms. The molecule has 6 radical (unpaired) electrons. The van der Waals surface area contributed by atoms with Crippen molar-refractivity contribution in [1.82, 2.24) is 0 Å². The lowest BCUT2D eigenvalue weighted by molar-refractivity contribution is 0.186. The minimum atomic E-state index is -0.169. The van der Waals surface area contributed by atoms with Gasteiger partial charge in [0.2, 0.25) is 0 Å². The molecule has 2 aromatic rings. The quantitative estimate of drug-likeness (QED) is 0.694. The molecule has 1 aromatic heterocycles. The molecule has 0 bridgehead atoms. The largest absolute Gasteiger partial charge is 0.206 e. The molecule has 0 N–H and O–H groups in total. The van der Waals surface area contributed by atoms with Crippen LogP contribution in [0.4, 0.5) is 4.39 Å². The molecule has 0 aliphatic heterocycles. The van der Waals surface area contributed by atoms with E-state index >= 15 is 0 Å². The Bertz CT molecular complexity index is 767. The van der Waals surface area contributed by atoms with Crippen molar-refractivity contribution >= 4 is 45.1 Å². The molecular formula is C22H24B3FS. The van der Waals surface area contributed by atoms with Crippen LogP contribution in [0.5, 0.6) is 0 Å². The summed E-state index contributed by atoms with van der Waals surface area (Å²) < 4.78 is 15.3. The smallest absolute Gasteiger partial charge is 0.132 e. The van der Waals surface area contributed by atoms with Crippen molar-refractivity contribution in [3.8, 4) is 10.4 Å².